The van der Waals surface area contributed by atoms with Gasteiger partial charge < -0.3 is 10.1 Å². The second-order valence-electron chi connectivity index (χ2n) is 5.84. The molecule has 2 heteroatoms. The molecule has 0 aromatic heterocycles. The van der Waals surface area contributed by atoms with Gasteiger partial charge >= 0.3 is 0 Å². The summed E-state index contributed by atoms with van der Waals surface area (Å²) in [6.45, 7) is 8.92. The van der Waals surface area contributed by atoms with Crippen molar-refractivity contribution in [2.75, 3.05) is 20.3 Å². The van der Waals surface area contributed by atoms with Gasteiger partial charge in [-0.05, 0) is 37.1 Å². The van der Waals surface area contributed by atoms with Crippen molar-refractivity contribution in [2.24, 2.45) is 17.8 Å². The predicted octanol–water partition coefficient (Wildman–Crippen LogP) is 3.07. The molecule has 0 aromatic rings. The van der Waals surface area contributed by atoms with Gasteiger partial charge in [-0.1, -0.05) is 33.6 Å². The molecule has 16 heavy (non-hydrogen) atoms. The molecule has 1 N–H and O–H groups in total. The maximum atomic E-state index is 5.26. The first-order chi connectivity index (χ1) is 7.63. The molecule has 0 heterocycles. The standard InChI is InChI=1S/C14H29NO/c1-11(2)14(10-16-4)15-9-13-7-5-12(3)6-8-13/h11-15H,5-10H2,1-4H3. The van der Waals surface area contributed by atoms with Gasteiger partial charge in [0.15, 0.2) is 0 Å². The van der Waals surface area contributed by atoms with Crippen LogP contribution in [0.4, 0.5) is 0 Å². The highest BCUT2D eigenvalue weighted by atomic mass is 16.5. The summed E-state index contributed by atoms with van der Waals surface area (Å²) < 4.78 is 5.26. The summed E-state index contributed by atoms with van der Waals surface area (Å²) in [5.41, 5.74) is 0. The maximum absolute atomic E-state index is 5.26. The molecule has 0 saturated heterocycles. The average molecular weight is 227 g/mol. The Kier molecular flexibility index (Phi) is 6.37. The first kappa shape index (κ1) is 14.0. The molecule has 1 saturated carbocycles. The fourth-order valence-corrected chi connectivity index (χ4v) is 2.52. The molecular weight excluding hydrogens is 198 g/mol. The van der Waals surface area contributed by atoms with Crippen molar-refractivity contribution in [3.63, 3.8) is 0 Å². The van der Waals surface area contributed by atoms with Crippen LogP contribution in [0.5, 0.6) is 0 Å². The molecule has 0 bridgehead atoms. The average Bonchev–Trinajstić information content (AvgIpc) is 2.26. The summed E-state index contributed by atoms with van der Waals surface area (Å²) in [4.78, 5) is 0. The van der Waals surface area contributed by atoms with E-state index in [4.69, 9.17) is 4.74 Å². The fraction of sp³-hybridized carbons (Fsp3) is 1.00. The number of nitrogens with one attached hydrogen (secondary N) is 1. The zero-order valence-electron chi connectivity index (χ0n) is 11.5. The van der Waals surface area contributed by atoms with Gasteiger partial charge in [0.05, 0.1) is 6.61 Å². The largest absolute Gasteiger partial charge is 0.383 e. The first-order valence-electron chi connectivity index (χ1n) is 6.85. The molecule has 0 aromatic carbocycles. The van der Waals surface area contributed by atoms with E-state index in [1.165, 1.54) is 32.2 Å². The molecule has 1 fully saturated rings. The minimum absolute atomic E-state index is 0.518. The minimum Gasteiger partial charge on any atom is -0.383 e. The third-order valence-corrected chi connectivity index (χ3v) is 3.96. The highest BCUT2D eigenvalue weighted by Gasteiger charge is 2.20. The van der Waals surface area contributed by atoms with Crippen molar-refractivity contribution < 1.29 is 4.74 Å². The summed E-state index contributed by atoms with van der Waals surface area (Å²) in [5.74, 6) is 2.51. The lowest BCUT2D eigenvalue weighted by Crippen LogP contribution is -2.40. The van der Waals surface area contributed by atoms with E-state index in [-0.39, 0.29) is 0 Å². The van der Waals surface area contributed by atoms with Gasteiger partial charge in [-0.15, -0.1) is 0 Å². The molecular formula is C14H29NO. The number of rotatable bonds is 6. The normalized spacial score (nSPS) is 28.3. The molecule has 1 atom stereocenters. The number of methoxy groups -OCH3 is 1. The van der Waals surface area contributed by atoms with Crippen molar-refractivity contribution in [1.29, 1.82) is 0 Å². The first-order valence-corrected chi connectivity index (χ1v) is 6.85. The van der Waals surface area contributed by atoms with Gasteiger partial charge in [0.1, 0.15) is 0 Å². The zero-order chi connectivity index (χ0) is 12.0. The van der Waals surface area contributed by atoms with Gasteiger partial charge in [-0.25, -0.2) is 0 Å². The van der Waals surface area contributed by atoms with E-state index in [0.717, 1.165) is 18.4 Å². The lowest BCUT2D eigenvalue weighted by molar-refractivity contribution is 0.141. The molecule has 1 rings (SSSR count). The van der Waals surface area contributed by atoms with Crippen molar-refractivity contribution in [3.8, 4) is 0 Å². The molecule has 1 aliphatic carbocycles. The Morgan fingerprint density at radius 3 is 2.31 bits per heavy atom. The van der Waals surface area contributed by atoms with E-state index in [9.17, 15) is 0 Å². The van der Waals surface area contributed by atoms with Crippen molar-refractivity contribution in [3.05, 3.63) is 0 Å². The van der Waals surface area contributed by atoms with E-state index >= 15 is 0 Å². The van der Waals surface area contributed by atoms with Crippen LogP contribution in [0.1, 0.15) is 46.5 Å². The molecule has 1 unspecified atom stereocenters. The molecule has 96 valence electrons. The second kappa shape index (κ2) is 7.29. The highest BCUT2D eigenvalue weighted by Crippen LogP contribution is 2.27. The van der Waals surface area contributed by atoms with Gasteiger partial charge in [0.25, 0.3) is 0 Å². The molecule has 0 aliphatic heterocycles. The maximum Gasteiger partial charge on any atom is 0.0618 e. The van der Waals surface area contributed by atoms with Crippen LogP contribution in [-0.4, -0.2) is 26.3 Å². The summed E-state index contributed by atoms with van der Waals surface area (Å²) >= 11 is 0. The Labute approximate surface area is 101 Å². The van der Waals surface area contributed by atoms with Crippen LogP contribution in [-0.2, 0) is 4.74 Å². The molecule has 0 spiro atoms. The molecule has 2 nitrogen and oxygen atoms in total. The van der Waals surface area contributed by atoms with E-state index in [2.05, 4.69) is 26.1 Å². The van der Waals surface area contributed by atoms with E-state index < -0.39 is 0 Å². The second-order valence-corrected chi connectivity index (χ2v) is 5.84. The quantitative estimate of drug-likeness (QED) is 0.753. The predicted molar refractivity (Wildman–Crippen MR) is 69.6 cm³/mol. The van der Waals surface area contributed by atoms with Crippen molar-refractivity contribution >= 4 is 0 Å². The molecule has 0 amide bonds. The third-order valence-electron chi connectivity index (χ3n) is 3.96. The van der Waals surface area contributed by atoms with Gasteiger partial charge in [-0.3, -0.25) is 0 Å². The Balaban J connectivity index is 2.21. The number of hydrogen-bond donors (Lipinski definition) is 1. The fourth-order valence-electron chi connectivity index (χ4n) is 2.52. The Hall–Kier alpha value is -0.0800. The van der Waals surface area contributed by atoms with Gasteiger partial charge in [0.2, 0.25) is 0 Å². The van der Waals surface area contributed by atoms with E-state index in [0.29, 0.717) is 12.0 Å². The van der Waals surface area contributed by atoms with Crippen LogP contribution in [0.15, 0.2) is 0 Å². The lowest BCUT2D eigenvalue weighted by atomic mass is 9.83. The Morgan fingerprint density at radius 2 is 1.81 bits per heavy atom. The van der Waals surface area contributed by atoms with Crippen LogP contribution in [0, 0.1) is 17.8 Å². The van der Waals surface area contributed by atoms with Crippen LogP contribution >= 0.6 is 0 Å². The van der Waals surface area contributed by atoms with Crippen LogP contribution < -0.4 is 5.32 Å². The monoisotopic (exact) mass is 227 g/mol. The van der Waals surface area contributed by atoms with E-state index in [1.54, 1.807) is 7.11 Å². The minimum atomic E-state index is 0.518. The lowest BCUT2D eigenvalue weighted by Gasteiger charge is -2.29. The highest BCUT2D eigenvalue weighted by molar-refractivity contribution is 4.76. The number of hydrogen-bond acceptors (Lipinski definition) is 2. The van der Waals surface area contributed by atoms with Gasteiger partial charge in [0, 0.05) is 13.2 Å². The summed E-state index contributed by atoms with van der Waals surface area (Å²) in [7, 11) is 1.79. The molecule has 1 aliphatic rings. The Morgan fingerprint density at radius 1 is 1.19 bits per heavy atom. The Bertz CT molecular complexity index is 174. The van der Waals surface area contributed by atoms with Crippen LogP contribution in [0.3, 0.4) is 0 Å². The van der Waals surface area contributed by atoms with E-state index in [1.807, 2.05) is 0 Å². The topological polar surface area (TPSA) is 21.3 Å². The number of ether oxygens (including phenoxy) is 1. The van der Waals surface area contributed by atoms with Crippen molar-refractivity contribution in [1.82, 2.24) is 5.32 Å². The van der Waals surface area contributed by atoms with Crippen LogP contribution in [0.25, 0.3) is 0 Å². The van der Waals surface area contributed by atoms with Gasteiger partial charge in [-0.2, -0.15) is 0 Å². The van der Waals surface area contributed by atoms with Crippen molar-refractivity contribution in [2.45, 2.75) is 52.5 Å². The zero-order valence-corrected chi connectivity index (χ0v) is 11.5. The smallest absolute Gasteiger partial charge is 0.0618 e. The summed E-state index contributed by atoms with van der Waals surface area (Å²) in [5, 5.41) is 3.68. The van der Waals surface area contributed by atoms with Crippen LogP contribution in [0.2, 0.25) is 0 Å². The summed E-state index contributed by atoms with van der Waals surface area (Å²) in [6.07, 6.45) is 5.66. The summed E-state index contributed by atoms with van der Waals surface area (Å²) in [6, 6.07) is 0.518. The third kappa shape index (κ3) is 4.84. The SMILES string of the molecule is COCC(NCC1CCC(C)CC1)C(C)C. The molecule has 0 radical (unpaired) electrons.